The molecule has 0 aromatic carbocycles. The van der Waals surface area contributed by atoms with Crippen molar-refractivity contribution in [2.45, 2.75) is 31.7 Å². The minimum absolute atomic E-state index is 0.726. The second kappa shape index (κ2) is 4.41. The van der Waals surface area contributed by atoms with Crippen LogP contribution in [0.5, 0.6) is 0 Å². The van der Waals surface area contributed by atoms with E-state index in [-0.39, 0.29) is 0 Å². The molecule has 1 aliphatic carbocycles. The molecule has 0 bridgehead atoms. The predicted molar refractivity (Wildman–Crippen MR) is 60.3 cm³/mol. The van der Waals surface area contributed by atoms with Crippen LogP contribution in [-0.2, 0) is 12.3 Å². The highest BCUT2D eigenvalue weighted by molar-refractivity contribution is 7.97. The Labute approximate surface area is 89.4 Å². The normalized spacial score (nSPS) is 25.3. The standard InChI is InChI=1S/C11H17NOS/c1-8-5-11(8)12-6-9-3-4-10(13-9)7-14-2/h3-4,8,11-12H,5-7H2,1-2H3. The van der Waals surface area contributed by atoms with Crippen molar-refractivity contribution in [2.24, 2.45) is 5.92 Å². The van der Waals surface area contributed by atoms with Crippen molar-refractivity contribution >= 4 is 11.8 Å². The zero-order valence-corrected chi connectivity index (χ0v) is 9.56. The van der Waals surface area contributed by atoms with E-state index in [0.29, 0.717) is 0 Å². The molecule has 1 fully saturated rings. The lowest BCUT2D eigenvalue weighted by molar-refractivity contribution is 0.456. The molecular weight excluding hydrogens is 194 g/mol. The van der Waals surface area contributed by atoms with Gasteiger partial charge in [-0.15, -0.1) is 0 Å². The van der Waals surface area contributed by atoms with Crippen LogP contribution in [0.2, 0.25) is 0 Å². The molecule has 0 spiro atoms. The molecule has 78 valence electrons. The first-order valence-electron chi connectivity index (χ1n) is 5.09. The third kappa shape index (κ3) is 2.55. The summed E-state index contributed by atoms with van der Waals surface area (Å²) in [6, 6.07) is 4.87. The van der Waals surface area contributed by atoms with Crippen LogP contribution in [0.4, 0.5) is 0 Å². The smallest absolute Gasteiger partial charge is 0.118 e. The van der Waals surface area contributed by atoms with Crippen molar-refractivity contribution in [2.75, 3.05) is 6.26 Å². The average Bonchev–Trinajstić information content (AvgIpc) is 2.69. The van der Waals surface area contributed by atoms with Gasteiger partial charge in [0.2, 0.25) is 0 Å². The summed E-state index contributed by atoms with van der Waals surface area (Å²) < 4.78 is 5.65. The predicted octanol–water partition coefficient (Wildman–Crippen LogP) is 2.64. The van der Waals surface area contributed by atoms with Crippen LogP contribution in [0.15, 0.2) is 16.5 Å². The maximum atomic E-state index is 5.65. The second-order valence-corrected chi connectivity index (χ2v) is 4.87. The zero-order valence-electron chi connectivity index (χ0n) is 8.75. The summed E-state index contributed by atoms with van der Waals surface area (Å²) in [5, 5.41) is 3.48. The van der Waals surface area contributed by atoms with E-state index in [1.54, 1.807) is 11.8 Å². The quantitative estimate of drug-likeness (QED) is 0.810. The number of thioether (sulfide) groups is 1. The molecule has 2 unspecified atom stereocenters. The third-order valence-electron chi connectivity index (χ3n) is 2.65. The Bertz CT molecular complexity index is 297. The molecule has 1 aliphatic rings. The van der Waals surface area contributed by atoms with Gasteiger partial charge in [-0.3, -0.25) is 0 Å². The summed E-state index contributed by atoms with van der Waals surface area (Å²) in [6.45, 7) is 3.16. The van der Waals surface area contributed by atoms with E-state index in [1.807, 2.05) is 0 Å². The topological polar surface area (TPSA) is 25.2 Å². The first kappa shape index (κ1) is 10.1. The molecule has 1 aromatic heterocycles. The Kier molecular flexibility index (Phi) is 3.19. The summed E-state index contributed by atoms with van der Waals surface area (Å²) in [4.78, 5) is 0. The van der Waals surface area contributed by atoms with Crippen LogP contribution in [0.3, 0.4) is 0 Å². The Hall–Kier alpha value is -0.410. The zero-order chi connectivity index (χ0) is 9.97. The average molecular weight is 211 g/mol. The van der Waals surface area contributed by atoms with Crippen molar-refractivity contribution in [1.82, 2.24) is 5.32 Å². The van der Waals surface area contributed by atoms with Gasteiger partial charge in [0, 0.05) is 6.04 Å². The van der Waals surface area contributed by atoms with Crippen LogP contribution >= 0.6 is 11.8 Å². The van der Waals surface area contributed by atoms with Crippen molar-refractivity contribution in [1.29, 1.82) is 0 Å². The molecule has 3 heteroatoms. The number of hydrogen-bond acceptors (Lipinski definition) is 3. The highest BCUT2D eigenvalue weighted by atomic mass is 32.2. The van der Waals surface area contributed by atoms with E-state index in [9.17, 15) is 0 Å². The van der Waals surface area contributed by atoms with E-state index in [1.165, 1.54) is 6.42 Å². The fraction of sp³-hybridized carbons (Fsp3) is 0.636. The first-order chi connectivity index (χ1) is 6.79. The Morgan fingerprint density at radius 1 is 1.50 bits per heavy atom. The second-order valence-electron chi connectivity index (χ2n) is 4.00. The minimum Gasteiger partial charge on any atom is -0.464 e. The summed E-state index contributed by atoms with van der Waals surface area (Å²) >= 11 is 1.79. The molecule has 0 aliphatic heterocycles. The van der Waals surface area contributed by atoms with Gasteiger partial charge in [-0.2, -0.15) is 11.8 Å². The molecule has 2 rings (SSSR count). The van der Waals surface area contributed by atoms with Gasteiger partial charge < -0.3 is 9.73 Å². The Morgan fingerprint density at radius 3 is 2.86 bits per heavy atom. The van der Waals surface area contributed by atoms with Gasteiger partial charge >= 0.3 is 0 Å². The molecule has 14 heavy (non-hydrogen) atoms. The lowest BCUT2D eigenvalue weighted by Gasteiger charge is -1.99. The molecule has 0 amide bonds. The number of rotatable bonds is 5. The minimum atomic E-state index is 0.726. The van der Waals surface area contributed by atoms with Gasteiger partial charge in [0.05, 0.1) is 12.3 Å². The van der Waals surface area contributed by atoms with E-state index < -0.39 is 0 Å². The van der Waals surface area contributed by atoms with Crippen molar-refractivity contribution < 1.29 is 4.42 Å². The van der Waals surface area contributed by atoms with Crippen LogP contribution in [0, 0.1) is 5.92 Å². The maximum absolute atomic E-state index is 5.65. The van der Waals surface area contributed by atoms with Crippen LogP contribution in [0.25, 0.3) is 0 Å². The third-order valence-corrected chi connectivity index (χ3v) is 3.23. The van der Waals surface area contributed by atoms with E-state index in [2.05, 4.69) is 30.6 Å². The summed E-state index contributed by atoms with van der Waals surface area (Å²) in [5.74, 6) is 3.97. The first-order valence-corrected chi connectivity index (χ1v) is 6.49. The van der Waals surface area contributed by atoms with Crippen molar-refractivity contribution in [3.8, 4) is 0 Å². The van der Waals surface area contributed by atoms with E-state index in [0.717, 1.165) is 35.8 Å². The summed E-state index contributed by atoms with van der Waals surface area (Å²) in [7, 11) is 0. The van der Waals surface area contributed by atoms with Crippen LogP contribution in [-0.4, -0.2) is 12.3 Å². The van der Waals surface area contributed by atoms with E-state index in [4.69, 9.17) is 4.42 Å². The molecule has 1 N–H and O–H groups in total. The number of nitrogens with one attached hydrogen (secondary N) is 1. The van der Waals surface area contributed by atoms with Gasteiger partial charge in [0.1, 0.15) is 11.5 Å². The monoisotopic (exact) mass is 211 g/mol. The molecule has 0 radical (unpaired) electrons. The molecule has 1 saturated carbocycles. The fourth-order valence-electron chi connectivity index (χ4n) is 1.58. The molecule has 1 aromatic rings. The fourth-order valence-corrected chi connectivity index (χ4v) is 2.02. The van der Waals surface area contributed by atoms with Crippen molar-refractivity contribution in [3.63, 3.8) is 0 Å². The van der Waals surface area contributed by atoms with Gasteiger partial charge in [-0.25, -0.2) is 0 Å². The van der Waals surface area contributed by atoms with Crippen LogP contribution < -0.4 is 5.32 Å². The van der Waals surface area contributed by atoms with Crippen molar-refractivity contribution in [3.05, 3.63) is 23.7 Å². The maximum Gasteiger partial charge on any atom is 0.118 e. The molecule has 0 saturated heterocycles. The molecule has 2 nitrogen and oxygen atoms in total. The Balaban J connectivity index is 1.78. The van der Waals surface area contributed by atoms with Gasteiger partial charge in [-0.05, 0) is 30.7 Å². The van der Waals surface area contributed by atoms with Gasteiger partial charge in [-0.1, -0.05) is 6.92 Å². The van der Waals surface area contributed by atoms with Crippen LogP contribution in [0.1, 0.15) is 24.9 Å². The van der Waals surface area contributed by atoms with E-state index >= 15 is 0 Å². The van der Waals surface area contributed by atoms with Gasteiger partial charge in [0.15, 0.2) is 0 Å². The Morgan fingerprint density at radius 2 is 2.21 bits per heavy atom. The number of hydrogen-bond donors (Lipinski definition) is 1. The lowest BCUT2D eigenvalue weighted by Crippen LogP contribution is -2.16. The number of furan rings is 1. The lowest BCUT2D eigenvalue weighted by atomic mass is 10.4. The SMILES string of the molecule is CSCc1ccc(CNC2CC2C)o1. The largest absolute Gasteiger partial charge is 0.464 e. The molecule has 1 heterocycles. The highest BCUT2D eigenvalue weighted by Gasteiger charge is 2.31. The summed E-state index contributed by atoms with van der Waals surface area (Å²) in [6.07, 6.45) is 3.41. The van der Waals surface area contributed by atoms with Gasteiger partial charge in [0.25, 0.3) is 0 Å². The highest BCUT2D eigenvalue weighted by Crippen LogP contribution is 2.29. The summed E-state index contributed by atoms with van der Waals surface area (Å²) in [5.41, 5.74) is 0. The molecule has 2 atom stereocenters. The molecular formula is C11H17NOS.